The molecule has 2 aromatic rings. The number of likely N-dealkylation sites (tertiary alicyclic amines) is 1. The lowest BCUT2D eigenvalue weighted by Crippen LogP contribution is -3.00. The first kappa shape index (κ1) is 20.5. The lowest BCUT2D eigenvalue weighted by atomic mass is 9.91. The molecule has 3 nitrogen and oxygen atoms in total. The van der Waals surface area contributed by atoms with Crippen molar-refractivity contribution < 1.29 is 23.4 Å². The Morgan fingerprint density at radius 1 is 1.08 bits per heavy atom. The Kier molecular flexibility index (Phi) is 8.66. The molecule has 1 saturated heterocycles. The van der Waals surface area contributed by atoms with E-state index < -0.39 is 0 Å². The highest BCUT2D eigenvalue weighted by Gasteiger charge is 2.19. The molecule has 3 rings (SSSR count). The molecule has 0 amide bonds. The summed E-state index contributed by atoms with van der Waals surface area (Å²) in [6.45, 7) is 3.82. The number of hydrogen-bond donors (Lipinski definition) is 0. The van der Waals surface area contributed by atoms with Gasteiger partial charge in [-0.2, -0.15) is 0 Å². The molecule has 1 fully saturated rings. The maximum Gasteiger partial charge on any atom is 1.00 e. The Labute approximate surface area is 164 Å². The summed E-state index contributed by atoms with van der Waals surface area (Å²) in [7, 11) is 0. The SMILES string of the molecule is O=C(OCCCN1CCCC(Cc2ccccc2)C1)c1ccccc1.[Cl-].[H+]. The molecule has 1 unspecified atom stereocenters. The Morgan fingerprint density at radius 2 is 1.77 bits per heavy atom. The Morgan fingerprint density at radius 3 is 2.50 bits per heavy atom. The molecule has 2 aromatic carbocycles. The lowest BCUT2D eigenvalue weighted by Gasteiger charge is -2.32. The molecule has 0 aromatic heterocycles. The number of hydrogen-bond acceptors (Lipinski definition) is 3. The van der Waals surface area contributed by atoms with E-state index in [1.165, 1.54) is 24.8 Å². The monoisotopic (exact) mass is 373 g/mol. The second-order valence-corrected chi connectivity index (χ2v) is 6.85. The molecule has 140 valence electrons. The van der Waals surface area contributed by atoms with E-state index >= 15 is 0 Å². The molecule has 0 radical (unpaired) electrons. The first-order valence-electron chi connectivity index (χ1n) is 9.30. The van der Waals surface area contributed by atoms with Gasteiger partial charge in [-0.05, 0) is 55.8 Å². The maximum absolute atomic E-state index is 11.9. The Hall–Kier alpha value is -1.84. The fourth-order valence-electron chi connectivity index (χ4n) is 3.58. The minimum absolute atomic E-state index is 0. The summed E-state index contributed by atoms with van der Waals surface area (Å²) in [6.07, 6.45) is 4.65. The fourth-order valence-corrected chi connectivity index (χ4v) is 3.58. The third-order valence-corrected chi connectivity index (χ3v) is 4.83. The van der Waals surface area contributed by atoms with Crippen molar-refractivity contribution in [2.24, 2.45) is 5.92 Å². The van der Waals surface area contributed by atoms with Crippen LogP contribution in [0.1, 0.15) is 36.6 Å². The van der Waals surface area contributed by atoms with Gasteiger partial charge in [-0.1, -0.05) is 48.5 Å². The first-order valence-corrected chi connectivity index (χ1v) is 9.30. The van der Waals surface area contributed by atoms with Crippen LogP contribution >= 0.6 is 0 Å². The average molecular weight is 374 g/mol. The second kappa shape index (κ2) is 11.0. The predicted molar refractivity (Wildman–Crippen MR) is 102 cm³/mol. The van der Waals surface area contributed by atoms with E-state index in [2.05, 4.69) is 35.2 Å². The zero-order chi connectivity index (χ0) is 17.3. The van der Waals surface area contributed by atoms with E-state index in [0.717, 1.165) is 32.0 Å². The molecule has 1 heterocycles. The molecule has 1 aliphatic heterocycles. The molecular formula is C22H28ClNO2. The van der Waals surface area contributed by atoms with Crippen LogP contribution in [0, 0.1) is 5.92 Å². The Balaban J connectivity index is 0.00000182. The van der Waals surface area contributed by atoms with E-state index in [4.69, 9.17) is 4.74 Å². The minimum atomic E-state index is -0.221. The van der Waals surface area contributed by atoms with Crippen LogP contribution in [0.4, 0.5) is 0 Å². The molecule has 0 N–H and O–H groups in total. The van der Waals surface area contributed by atoms with Crippen LogP contribution in [-0.2, 0) is 11.2 Å². The van der Waals surface area contributed by atoms with E-state index in [0.29, 0.717) is 12.2 Å². The zero-order valence-electron chi connectivity index (χ0n) is 16.1. The van der Waals surface area contributed by atoms with Gasteiger partial charge in [-0.25, -0.2) is 4.79 Å². The largest absolute Gasteiger partial charge is 1.00 e. The third kappa shape index (κ3) is 6.47. The van der Waals surface area contributed by atoms with E-state index in [1.807, 2.05) is 18.2 Å². The van der Waals surface area contributed by atoms with Crippen molar-refractivity contribution in [1.29, 1.82) is 0 Å². The van der Waals surface area contributed by atoms with Crippen molar-refractivity contribution in [2.45, 2.75) is 25.7 Å². The van der Waals surface area contributed by atoms with Crippen LogP contribution in [0.5, 0.6) is 0 Å². The topological polar surface area (TPSA) is 29.5 Å². The van der Waals surface area contributed by atoms with Gasteiger partial charge in [0.1, 0.15) is 0 Å². The van der Waals surface area contributed by atoms with Gasteiger partial charge in [0.05, 0.1) is 12.2 Å². The summed E-state index contributed by atoms with van der Waals surface area (Å²) in [6, 6.07) is 20.0. The van der Waals surface area contributed by atoms with Crippen molar-refractivity contribution in [3.8, 4) is 0 Å². The number of rotatable bonds is 7. The molecule has 0 saturated carbocycles. The summed E-state index contributed by atoms with van der Waals surface area (Å²) >= 11 is 0. The molecule has 0 spiro atoms. The van der Waals surface area contributed by atoms with E-state index in [1.54, 1.807) is 12.1 Å². The first-order chi connectivity index (χ1) is 12.3. The predicted octanol–water partition coefficient (Wildman–Crippen LogP) is 1.30. The molecule has 4 heteroatoms. The van der Waals surface area contributed by atoms with Gasteiger partial charge in [0, 0.05) is 13.1 Å². The van der Waals surface area contributed by atoms with E-state index in [9.17, 15) is 4.79 Å². The van der Waals surface area contributed by atoms with Crippen molar-refractivity contribution in [3.63, 3.8) is 0 Å². The number of carbonyl (C=O) groups excluding carboxylic acids is 1. The lowest BCUT2D eigenvalue weighted by molar-refractivity contribution is -0.0000236. The number of benzene rings is 2. The van der Waals surface area contributed by atoms with E-state index in [-0.39, 0.29) is 19.8 Å². The molecule has 0 bridgehead atoms. The normalized spacial score (nSPS) is 17.3. The summed E-state index contributed by atoms with van der Waals surface area (Å²) in [5, 5.41) is 0. The number of ether oxygens (including phenoxy) is 1. The average Bonchev–Trinajstić information content (AvgIpc) is 2.67. The van der Waals surface area contributed by atoms with Gasteiger partial charge in [0.25, 0.3) is 0 Å². The Bertz CT molecular complexity index is 654. The van der Waals surface area contributed by atoms with Crippen LogP contribution in [0.3, 0.4) is 0 Å². The molecule has 26 heavy (non-hydrogen) atoms. The number of carbonyl (C=O) groups is 1. The summed E-state index contributed by atoms with van der Waals surface area (Å²) in [5.41, 5.74) is 2.06. The van der Waals surface area contributed by atoms with Gasteiger partial charge < -0.3 is 22.0 Å². The van der Waals surface area contributed by atoms with Gasteiger partial charge in [0.15, 0.2) is 0 Å². The minimum Gasteiger partial charge on any atom is -1.00 e. The summed E-state index contributed by atoms with van der Waals surface area (Å²) < 4.78 is 5.38. The highest BCUT2D eigenvalue weighted by molar-refractivity contribution is 5.89. The van der Waals surface area contributed by atoms with Gasteiger partial charge in [-0.3, -0.25) is 0 Å². The highest BCUT2D eigenvalue weighted by atomic mass is 35.5. The fraction of sp³-hybridized carbons (Fsp3) is 0.409. The second-order valence-electron chi connectivity index (χ2n) is 6.85. The van der Waals surface area contributed by atoms with Gasteiger partial charge in [-0.15, -0.1) is 0 Å². The van der Waals surface area contributed by atoms with Crippen LogP contribution in [0.2, 0.25) is 0 Å². The van der Waals surface area contributed by atoms with Crippen LogP contribution in [-0.4, -0.2) is 37.1 Å². The molecule has 1 atom stereocenters. The van der Waals surface area contributed by atoms with Gasteiger partial charge in [0.2, 0.25) is 0 Å². The standard InChI is InChI=1S/C22H27NO2.ClH/c24-22(21-12-5-2-6-13-21)25-16-8-15-23-14-7-11-20(18-23)17-19-9-3-1-4-10-19;/h1-6,9-10,12-13,20H,7-8,11,14-18H2;1H. The van der Waals surface area contributed by atoms with Crippen molar-refractivity contribution in [1.82, 2.24) is 4.90 Å². The smallest absolute Gasteiger partial charge is 1.00 e. The molecule has 1 aliphatic rings. The highest BCUT2D eigenvalue weighted by Crippen LogP contribution is 2.20. The van der Waals surface area contributed by atoms with Crippen molar-refractivity contribution in [2.75, 3.05) is 26.2 Å². The van der Waals surface area contributed by atoms with Gasteiger partial charge >= 0.3 is 7.40 Å². The zero-order valence-corrected chi connectivity index (χ0v) is 15.9. The quantitative estimate of drug-likeness (QED) is 0.541. The van der Waals surface area contributed by atoms with Crippen molar-refractivity contribution >= 4 is 5.97 Å². The maximum atomic E-state index is 11.9. The van der Waals surface area contributed by atoms with Crippen LogP contribution in [0.15, 0.2) is 60.7 Å². The summed E-state index contributed by atoms with van der Waals surface area (Å²) in [5.74, 6) is 0.518. The van der Waals surface area contributed by atoms with Crippen LogP contribution in [0.25, 0.3) is 0 Å². The number of halogens is 1. The molecule has 0 aliphatic carbocycles. The number of nitrogens with zero attached hydrogens (tertiary/aromatic N) is 1. The van der Waals surface area contributed by atoms with Crippen molar-refractivity contribution in [3.05, 3.63) is 71.8 Å². The summed E-state index contributed by atoms with van der Waals surface area (Å²) in [4.78, 5) is 14.4. The van der Waals surface area contributed by atoms with Crippen LogP contribution < -0.4 is 12.4 Å². The number of piperidine rings is 1. The molecular weight excluding hydrogens is 346 g/mol. The number of esters is 1. The third-order valence-electron chi connectivity index (χ3n) is 4.83.